The zero-order valence-corrected chi connectivity index (χ0v) is 15.7. The maximum absolute atomic E-state index is 13.0. The van der Waals surface area contributed by atoms with Gasteiger partial charge in [-0.2, -0.15) is 4.72 Å². The van der Waals surface area contributed by atoms with Crippen molar-refractivity contribution in [2.24, 2.45) is 0 Å². The third-order valence-electron chi connectivity index (χ3n) is 3.97. The molecular formula is C20H18ClNO3S. The lowest BCUT2D eigenvalue weighted by molar-refractivity contribution is 0.413. The Balaban J connectivity index is 2.01. The molecular weight excluding hydrogens is 370 g/mol. The van der Waals surface area contributed by atoms with Gasteiger partial charge in [0.25, 0.3) is 0 Å². The zero-order valence-electron chi connectivity index (χ0n) is 14.1. The van der Waals surface area contributed by atoms with Gasteiger partial charge in [-0.1, -0.05) is 72.3 Å². The Kier molecular flexibility index (Phi) is 5.61. The Hall–Kier alpha value is -2.34. The Labute approximate surface area is 158 Å². The highest BCUT2D eigenvalue weighted by atomic mass is 35.5. The standard InChI is InChI=1S/C20H18ClNO3S/c1-25-19-14-17(12-13-18(19)21)26(23,24)22-20(15-8-4-2-5-9-15)16-10-6-3-7-11-16/h2-14,20,22H,1H3. The van der Waals surface area contributed by atoms with Crippen LogP contribution in [0.1, 0.15) is 17.2 Å². The van der Waals surface area contributed by atoms with Crippen LogP contribution < -0.4 is 9.46 Å². The molecule has 0 amide bonds. The molecule has 6 heteroatoms. The Bertz CT molecular complexity index is 937. The van der Waals surface area contributed by atoms with E-state index in [0.29, 0.717) is 10.8 Å². The van der Waals surface area contributed by atoms with Gasteiger partial charge in [0.1, 0.15) is 5.75 Å². The minimum atomic E-state index is -3.79. The SMILES string of the molecule is COc1cc(S(=O)(=O)NC(c2ccccc2)c2ccccc2)ccc1Cl. The summed E-state index contributed by atoms with van der Waals surface area (Å²) < 4.78 is 33.8. The Morgan fingerprint density at radius 2 is 1.42 bits per heavy atom. The van der Waals surface area contributed by atoms with E-state index < -0.39 is 16.1 Å². The predicted octanol–water partition coefficient (Wildman–Crippen LogP) is 4.42. The quantitative estimate of drug-likeness (QED) is 0.681. The van der Waals surface area contributed by atoms with Crippen molar-refractivity contribution in [2.45, 2.75) is 10.9 Å². The molecule has 0 bridgehead atoms. The van der Waals surface area contributed by atoms with Crippen LogP contribution in [0.25, 0.3) is 0 Å². The van der Waals surface area contributed by atoms with Gasteiger partial charge in [-0.15, -0.1) is 0 Å². The monoisotopic (exact) mass is 387 g/mol. The van der Waals surface area contributed by atoms with Crippen molar-refractivity contribution in [1.82, 2.24) is 4.72 Å². The number of halogens is 1. The van der Waals surface area contributed by atoms with Crippen LogP contribution in [0.5, 0.6) is 5.75 Å². The van der Waals surface area contributed by atoms with Crippen molar-refractivity contribution in [3.05, 3.63) is 95.0 Å². The summed E-state index contributed by atoms with van der Waals surface area (Å²) in [6, 6.07) is 22.7. The third kappa shape index (κ3) is 4.07. The summed E-state index contributed by atoms with van der Waals surface area (Å²) in [5.41, 5.74) is 1.70. The van der Waals surface area contributed by atoms with E-state index in [1.165, 1.54) is 25.3 Å². The summed E-state index contributed by atoms with van der Waals surface area (Å²) in [5, 5.41) is 0.356. The minimum absolute atomic E-state index is 0.0932. The molecule has 0 aliphatic rings. The summed E-state index contributed by atoms with van der Waals surface area (Å²) in [6.45, 7) is 0. The summed E-state index contributed by atoms with van der Waals surface area (Å²) in [6.07, 6.45) is 0. The van der Waals surface area contributed by atoms with Crippen LogP contribution in [0, 0.1) is 0 Å². The molecule has 0 atom stereocenters. The molecule has 3 aromatic rings. The van der Waals surface area contributed by atoms with Crippen LogP contribution in [0.2, 0.25) is 5.02 Å². The van der Waals surface area contributed by atoms with Gasteiger partial charge in [0.2, 0.25) is 10.0 Å². The second kappa shape index (κ2) is 7.91. The van der Waals surface area contributed by atoms with E-state index in [9.17, 15) is 8.42 Å². The fourth-order valence-corrected chi connectivity index (χ4v) is 4.07. The van der Waals surface area contributed by atoms with Crippen LogP contribution in [0.3, 0.4) is 0 Å². The highest BCUT2D eigenvalue weighted by molar-refractivity contribution is 7.89. The minimum Gasteiger partial charge on any atom is -0.495 e. The molecule has 3 rings (SSSR count). The van der Waals surface area contributed by atoms with Gasteiger partial charge < -0.3 is 4.74 Å². The first-order valence-electron chi connectivity index (χ1n) is 7.97. The predicted molar refractivity (Wildman–Crippen MR) is 103 cm³/mol. The molecule has 0 saturated heterocycles. The van der Waals surface area contributed by atoms with E-state index in [0.717, 1.165) is 11.1 Å². The molecule has 0 spiro atoms. The van der Waals surface area contributed by atoms with Crippen LogP contribution in [-0.4, -0.2) is 15.5 Å². The maximum Gasteiger partial charge on any atom is 0.241 e. The van der Waals surface area contributed by atoms with Gasteiger partial charge in [0, 0.05) is 6.07 Å². The first-order chi connectivity index (χ1) is 12.5. The van der Waals surface area contributed by atoms with E-state index >= 15 is 0 Å². The molecule has 0 heterocycles. The topological polar surface area (TPSA) is 55.4 Å². The second-order valence-electron chi connectivity index (χ2n) is 5.67. The van der Waals surface area contributed by atoms with Crippen molar-refractivity contribution < 1.29 is 13.2 Å². The maximum atomic E-state index is 13.0. The molecule has 1 N–H and O–H groups in total. The molecule has 134 valence electrons. The van der Waals surface area contributed by atoms with E-state index in [4.69, 9.17) is 16.3 Å². The number of methoxy groups -OCH3 is 1. The van der Waals surface area contributed by atoms with Gasteiger partial charge in [-0.25, -0.2) is 8.42 Å². The number of rotatable bonds is 6. The van der Waals surface area contributed by atoms with E-state index in [2.05, 4.69) is 4.72 Å². The molecule has 4 nitrogen and oxygen atoms in total. The number of benzene rings is 3. The Morgan fingerprint density at radius 1 is 0.885 bits per heavy atom. The summed E-state index contributed by atoms with van der Waals surface area (Å²) in [7, 11) is -2.35. The van der Waals surface area contributed by atoms with E-state index in [1.807, 2.05) is 60.7 Å². The molecule has 0 saturated carbocycles. The largest absolute Gasteiger partial charge is 0.495 e. The molecule has 0 aliphatic heterocycles. The smallest absolute Gasteiger partial charge is 0.241 e. The lowest BCUT2D eigenvalue weighted by atomic mass is 10.00. The molecule has 3 aromatic carbocycles. The summed E-state index contributed by atoms with van der Waals surface area (Å²) in [4.78, 5) is 0.0932. The van der Waals surface area contributed by atoms with Crippen molar-refractivity contribution >= 4 is 21.6 Å². The number of hydrogen-bond donors (Lipinski definition) is 1. The first-order valence-corrected chi connectivity index (χ1v) is 9.83. The number of hydrogen-bond acceptors (Lipinski definition) is 3. The Morgan fingerprint density at radius 3 is 1.92 bits per heavy atom. The summed E-state index contributed by atoms with van der Waals surface area (Å²) >= 11 is 6.00. The average Bonchev–Trinajstić information content (AvgIpc) is 2.68. The number of ether oxygens (including phenoxy) is 1. The molecule has 26 heavy (non-hydrogen) atoms. The third-order valence-corrected chi connectivity index (χ3v) is 5.70. The average molecular weight is 388 g/mol. The lowest BCUT2D eigenvalue weighted by Gasteiger charge is -2.20. The molecule has 0 aromatic heterocycles. The van der Waals surface area contributed by atoms with Crippen LogP contribution in [0.4, 0.5) is 0 Å². The molecule has 0 radical (unpaired) electrons. The lowest BCUT2D eigenvalue weighted by Crippen LogP contribution is -2.29. The number of sulfonamides is 1. The van der Waals surface area contributed by atoms with E-state index in [1.54, 1.807) is 0 Å². The number of nitrogens with one attached hydrogen (secondary N) is 1. The van der Waals surface area contributed by atoms with Gasteiger partial charge in [0.05, 0.1) is 23.1 Å². The van der Waals surface area contributed by atoms with Crippen molar-refractivity contribution in [3.63, 3.8) is 0 Å². The fraction of sp³-hybridized carbons (Fsp3) is 0.100. The van der Waals surface area contributed by atoms with Crippen LogP contribution in [0.15, 0.2) is 83.8 Å². The van der Waals surface area contributed by atoms with Gasteiger partial charge in [0.15, 0.2) is 0 Å². The normalized spacial score (nSPS) is 11.5. The van der Waals surface area contributed by atoms with Crippen LogP contribution >= 0.6 is 11.6 Å². The van der Waals surface area contributed by atoms with Crippen LogP contribution in [-0.2, 0) is 10.0 Å². The highest BCUT2D eigenvalue weighted by Crippen LogP contribution is 2.29. The first kappa shape index (κ1) is 18.5. The van der Waals surface area contributed by atoms with E-state index in [-0.39, 0.29) is 4.90 Å². The highest BCUT2D eigenvalue weighted by Gasteiger charge is 2.23. The van der Waals surface area contributed by atoms with Crippen molar-refractivity contribution in [2.75, 3.05) is 7.11 Å². The van der Waals surface area contributed by atoms with Gasteiger partial charge in [-0.05, 0) is 23.3 Å². The second-order valence-corrected chi connectivity index (χ2v) is 7.79. The van der Waals surface area contributed by atoms with Crippen molar-refractivity contribution in [3.8, 4) is 5.75 Å². The molecule has 0 aliphatic carbocycles. The van der Waals surface area contributed by atoms with Crippen molar-refractivity contribution in [1.29, 1.82) is 0 Å². The molecule has 0 unspecified atom stereocenters. The fourth-order valence-electron chi connectivity index (χ4n) is 2.65. The van der Waals surface area contributed by atoms with Gasteiger partial charge >= 0.3 is 0 Å². The molecule has 0 fully saturated rings. The zero-order chi connectivity index (χ0) is 18.6. The summed E-state index contributed by atoms with van der Waals surface area (Å²) in [5.74, 6) is 0.311. The van der Waals surface area contributed by atoms with Gasteiger partial charge in [-0.3, -0.25) is 0 Å².